The Morgan fingerprint density at radius 3 is 3.20 bits per heavy atom. The SMILES string of the molecule is O=C1CN(C(=O)c2ccno2)CCCN1. The molecule has 1 saturated heterocycles. The fourth-order valence-corrected chi connectivity index (χ4v) is 1.46. The molecule has 0 spiro atoms. The molecule has 0 atom stereocenters. The van der Waals surface area contributed by atoms with Gasteiger partial charge in [-0.15, -0.1) is 0 Å². The quantitative estimate of drug-likeness (QED) is 0.685. The van der Waals surface area contributed by atoms with E-state index in [0.717, 1.165) is 6.42 Å². The van der Waals surface area contributed by atoms with Crippen molar-refractivity contribution in [3.63, 3.8) is 0 Å². The number of nitrogens with one attached hydrogen (secondary N) is 1. The highest BCUT2D eigenvalue weighted by atomic mass is 16.5. The molecule has 0 aromatic carbocycles. The van der Waals surface area contributed by atoms with E-state index in [2.05, 4.69) is 10.5 Å². The minimum atomic E-state index is -0.287. The maximum absolute atomic E-state index is 11.8. The van der Waals surface area contributed by atoms with Gasteiger partial charge in [-0.1, -0.05) is 5.16 Å². The van der Waals surface area contributed by atoms with Crippen molar-refractivity contribution < 1.29 is 14.1 Å². The Morgan fingerprint density at radius 1 is 1.60 bits per heavy atom. The highest BCUT2D eigenvalue weighted by molar-refractivity contribution is 5.94. The van der Waals surface area contributed by atoms with E-state index in [-0.39, 0.29) is 24.1 Å². The first-order valence-corrected chi connectivity index (χ1v) is 4.74. The number of nitrogens with zero attached hydrogens (tertiary/aromatic N) is 2. The lowest BCUT2D eigenvalue weighted by atomic mass is 10.3. The first-order chi connectivity index (χ1) is 7.27. The first-order valence-electron chi connectivity index (χ1n) is 4.74. The number of aromatic nitrogens is 1. The number of carbonyl (C=O) groups excluding carboxylic acids is 2. The summed E-state index contributed by atoms with van der Waals surface area (Å²) in [5.74, 6) is -0.255. The van der Waals surface area contributed by atoms with Gasteiger partial charge in [-0.3, -0.25) is 9.59 Å². The molecule has 6 heteroatoms. The number of carbonyl (C=O) groups is 2. The van der Waals surface area contributed by atoms with Crippen molar-refractivity contribution in [2.75, 3.05) is 19.6 Å². The molecule has 1 aliphatic heterocycles. The molecule has 0 unspecified atom stereocenters. The van der Waals surface area contributed by atoms with Crippen LogP contribution < -0.4 is 5.32 Å². The Kier molecular flexibility index (Phi) is 2.66. The van der Waals surface area contributed by atoms with Crippen molar-refractivity contribution >= 4 is 11.8 Å². The lowest BCUT2D eigenvalue weighted by molar-refractivity contribution is -0.121. The van der Waals surface area contributed by atoms with Crippen LogP contribution in [0.4, 0.5) is 0 Å². The van der Waals surface area contributed by atoms with Gasteiger partial charge in [0.1, 0.15) is 0 Å². The van der Waals surface area contributed by atoms with Crippen molar-refractivity contribution in [1.29, 1.82) is 0 Å². The summed E-state index contributed by atoms with van der Waals surface area (Å²) in [5.41, 5.74) is 0. The summed E-state index contributed by atoms with van der Waals surface area (Å²) in [7, 11) is 0. The van der Waals surface area contributed by atoms with Crippen LogP contribution in [0.15, 0.2) is 16.8 Å². The summed E-state index contributed by atoms with van der Waals surface area (Å²) in [6.07, 6.45) is 2.16. The maximum Gasteiger partial charge on any atom is 0.292 e. The number of amides is 2. The van der Waals surface area contributed by atoms with Crippen LogP contribution in [0.2, 0.25) is 0 Å². The van der Waals surface area contributed by atoms with Gasteiger partial charge in [0.05, 0.1) is 12.7 Å². The van der Waals surface area contributed by atoms with E-state index >= 15 is 0 Å². The highest BCUT2D eigenvalue weighted by Crippen LogP contribution is 2.05. The molecule has 2 heterocycles. The molecule has 1 N–H and O–H groups in total. The van der Waals surface area contributed by atoms with Gasteiger partial charge in [0.2, 0.25) is 11.7 Å². The molecule has 80 valence electrons. The summed E-state index contributed by atoms with van der Waals surface area (Å²) < 4.78 is 4.75. The Hall–Kier alpha value is -1.85. The van der Waals surface area contributed by atoms with Crippen molar-refractivity contribution in [1.82, 2.24) is 15.4 Å². The fourth-order valence-electron chi connectivity index (χ4n) is 1.46. The Balaban J connectivity index is 2.09. The van der Waals surface area contributed by atoms with E-state index < -0.39 is 0 Å². The second-order valence-corrected chi connectivity index (χ2v) is 3.31. The minimum absolute atomic E-state index is 0.0829. The summed E-state index contributed by atoms with van der Waals surface area (Å²) >= 11 is 0. The minimum Gasteiger partial charge on any atom is -0.354 e. The Morgan fingerprint density at radius 2 is 2.47 bits per heavy atom. The molecule has 2 rings (SSSR count). The van der Waals surface area contributed by atoms with Gasteiger partial charge in [0, 0.05) is 19.2 Å². The van der Waals surface area contributed by atoms with Gasteiger partial charge in [-0.2, -0.15) is 0 Å². The zero-order chi connectivity index (χ0) is 10.7. The molecular formula is C9H11N3O3. The summed E-state index contributed by atoms with van der Waals surface area (Å²) in [6, 6.07) is 1.49. The van der Waals surface area contributed by atoms with Crippen molar-refractivity contribution in [3.8, 4) is 0 Å². The van der Waals surface area contributed by atoms with Crippen LogP contribution in [-0.4, -0.2) is 41.5 Å². The van der Waals surface area contributed by atoms with Crippen LogP contribution in [-0.2, 0) is 4.79 Å². The van der Waals surface area contributed by atoms with E-state index in [1.807, 2.05) is 0 Å². The van der Waals surface area contributed by atoms with E-state index in [1.54, 1.807) is 0 Å². The average molecular weight is 209 g/mol. The fraction of sp³-hybridized carbons (Fsp3) is 0.444. The molecule has 0 saturated carbocycles. The molecule has 2 amide bonds. The van der Waals surface area contributed by atoms with Gasteiger partial charge in [0.15, 0.2) is 0 Å². The van der Waals surface area contributed by atoms with Crippen molar-refractivity contribution in [3.05, 3.63) is 18.0 Å². The molecule has 0 bridgehead atoms. The molecule has 15 heavy (non-hydrogen) atoms. The molecule has 1 fully saturated rings. The van der Waals surface area contributed by atoms with Crippen LogP contribution in [0.5, 0.6) is 0 Å². The molecule has 0 aliphatic carbocycles. The molecule has 6 nitrogen and oxygen atoms in total. The predicted octanol–water partition coefficient (Wildman–Crippen LogP) is -0.363. The number of hydrogen-bond donors (Lipinski definition) is 1. The van der Waals surface area contributed by atoms with Crippen LogP contribution in [0, 0.1) is 0 Å². The topological polar surface area (TPSA) is 75.4 Å². The Labute approximate surface area is 86.2 Å². The van der Waals surface area contributed by atoms with E-state index in [1.165, 1.54) is 17.2 Å². The van der Waals surface area contributed by atoms with Crippen molar-refractivity contribution in [2.24, 2.45) is 0 Å². The zero-order valence-corrected chi connectivity index (χ0v) is 8.10. The van der Waals surface area contributed by atoms with Gasteiger partial charge >= 0.3 is 0 Å². The zero-order valence-electron chi connectivity index (χ0n) is 8.10. The normalized spacial score (nSPS) is 17.1. The molecule has 1 aliphatic rings. The van der Waals surface area contributed by atoms with Gasteiger partial charge in [-0.25, -0.2) is 0 Å². The number of hydrogen-bond acceptors (Lipinski definition) is 4. The molecule has 1 aromatic rings. The smallest absolute Gasteiger partial charge is 0.292 e. The lowest BCUT2D eigenvalue weighted by Gasteiger charge is -2.16. The number of rotatable bonds is 1. The van der Waals surface area contributed by atoms with Gasteiger partial charge in [0.25, 0.3) is 5.91 Å². The lowest BCUT2D eigenvalue weighted by Crippen LogP contribution is -2.37. The third-order valence-corrected chi connectivity index (χ3v) is 2.20. The second-order valence-electron chi connectivity index (χ2n) is 3.31. The highest BCUT2D eigenvalue weighted by Gasteiger charge is 2.22. The molecule has 1 aromatic heterocycles. The van der Waals surface area contributed by atoms with Crippen LogP contribution in [0.1, 0.15) is 17.0 Å². The van der Waals surface area contributed by atoms with E-state index in [9.17, 15) is 9.59 Å². The largest absolute Gasteiger partial charge is 0.354 e. The monoisotopic (exact) mass is 209 g/mol. The van der Waals surface area contributed by atoms with Crippen LogP contribution in [0.3, 0.4) is 0 Å². The molecule has 0 radical (unpaired) electrons. The second kappa shape index (κ2) is 4.12. The third kappa shape index (κ3) is 2.15. The Bertz CT molecular complexity index is 361. The van der Waals surface area contributed by atoms with Gasteiger partial charge in [-0.05, 0) is 6.42 Å². The van der Waals surface area contributed by atoms with Crippen LogP contribution >= 0.6 is 0 Å². The maximum atomic E-state index is 11.8. The molecular weight excluding hydrogens is 198 g/mol. The summed E-state index contributed by atoms with van der Waals surface area (Å²) in [4.78, 5) is 24.4. The predicted molar refractivity (Wildman–Crippen MR) is 50.0 cm³/mol. The summed E-state index contributed by atoms with van der Waals surface area (Å²) in [5, 5.41) is 6.15. The average Bonchev–Trinajstić information content (AvgIpc) is 2.67. The van der Waals surface area contributed by atoms with E-state index in [4.69, 9.17) is 4.52 Å². The van der Waals surface area contributed by atoms with Gasteiger partial charge < -0.3 is 14.7 Å². The van der Waals surface area contributed by atoms with E-state index in [0.29, 0.717) is 13.1 Å². The summed E-state index contributed by atoms with van der Waals surface area (Å²) in [6.45, 7) is 1.25. The first kappa shape index (κ1) is 9.70. The van der Waals surface area contributed by atoms with Crippen molar-refractivity contribution in [2.45, 2.75) is 6.42 Å². The third-order valence-electron chi connectivity index (χ3n) is 2.20. The standard InChI is InChI=1S/C9H11N3O3/c13-8-6-12(5-1-3-10-8)9(14)7-2-4-11-15-7/h2,4H,1,3,5-6H2,(H,10,13). The van der Waals surface area contributed by atoms with Crippen LogP contribution in [0.25, 0.3) is 0 Å².